The summed E-state index contributed by atoms with van der Waals surface area (Å²) in [5.41, 5.74) is 3.36. The van der Waals surface area contributed by atoms with Crippen LogP contribution in [0.25, 0.3) is 16.9 Å². The summed E-state index contributed by atoms with van der Waals surface area (Å²) in [5.74, 6) is 2.47. The zero-order chi connectivity index (χ0) is 20.2. The SMILES string of the molecule is COc1cc(CNc2ccc3ncc(-c4cncnc4)n3n2)cc(OC)c1OC. The van der Waals surface area contributed by atoms with Gasteiger partial charge in [-0.1, -0.05) is 0 Å². The van der Waals surface area contributed by atoms with Crippen LogP contribution in [0.15, 0.2) is 49.2 Å². The van der Waals surface area contributed by atoms with Crippen LogP contribution in [-0.4, -0.2) is 45.9 Å². The number of imidazole rings is 1. The zero-order valence-electron chi connectivity index (χ0n) is 16.3. The summed E-state index contributed by atoms with van der Waals surface area (Å²) in [6, 6.07) is 7.58. The molecule has 0 aliphatic heterocycles. The Morgan fingerprint density at radius 2 is 1.66 bits per heavy atom. The predicted octanol–water partition coefficient (Wildman–Crippen LogP) is 2.82. The Labute approximate surface area is 167 Å². The first-order valence-corrected chi connectivity index (χ1v) is 8.86. The molecule has 4 rings (SSSR count). The topological polar surface area (TPSA) is 95.7 Å². The van der Waals surface area contributed by atoms with Crippen molar-refractivity contribution in [2.75, 3.05) is 26.6 Å². The smallest absolute Gasteiger partial charge is 0.203 e. The summed E-state index contributed by atoms with van der Waals surface area (Å²) in [6.45, 7) is 0.522. The van der Waals surface area contributed by atoms with Gasteiger partial charge in [0, 0.05) is 24.5 Å². The van der Waals surface area contributed by atoms with Crippen molar-refractivity contribution in [3.05, 3.63) is 54.7 Å². The molecule has 0 spiro atoms. The van der Waals surface area contributed by atoms with Crippen molar-refractivity contribution < 1.29 is 14.2 Å². The van der Waals surface area contributed by atoms with Gasteiger partial charge in [0.1, 0.15) is 12.1 Å². The molecule has 1 N–H and O–H groups in total. The molecule has 9 heteroatoms. The normalized spacial score (nSPS) is 10.7. The van der Waals surface area contributed by atoms with Crippen molar-refractivity contribution in [1.29, 1.82) is 0 Å². The van der Waals surface area contributed by atoms with Crippen LogP contribution in [0.2, 0.25) is 0 Å². The van der Waals surface area contributed by atoms with E-state index in [0.717, 1.165) is 22.5 Å². The number of anilines is 1. The molecule has 0 unspecified atom stereocenters. The van der Waals surface area contributed by atoms with E-state index in [1.54, 1.807) is 44.4 Å². The molecule has 4 aromatic rings. The molecule has 3 aromatic heterocycles. The fourth-order valence-corrected chi connectivity index (χ4v) is 3.03. The highest BCUT2D eigenvalue weighted by atomic mass is 16.5. The molecule has 148 valence electrons. The second kappa shape index (κ2) is 8.01. The van der Waals surface area contributed by atoms with Gasteiger partial charge in [0.05, 0.1) is 33.2 Å². The minimum Gasteiger partial charge on any atom is -0.493 e. The number of benzene rings is 1. The third-order valence-corrected chi connectivity index (χ3v) is 4.42. The number of hydrogen-bond acceptors (Lipinski definition) is 8. The summed E-state index contributed by atoms with van der Waals surface area (Å²) in [7, 11) is 4.77. The van der Waals surface area contributed by atoms with E-state index in [9.17, 15) is 0 Å². The Morgan fingerprint density at radius 3 is 2.31 bits per heavy atom. The molecule has 0 aliphatic rings. The van der Waals surface area contributed by atoms with E-state index in [0.29, 0.717) is 29.6 Å². The summed E-state index contributed by atoms with van der Waals surface area (Å²) in [5, 5.41) is 7.96. The van der Waals surface area contributed by atoms with Crippen molar-refractivity contribution in [2.24, 2.45) is 0 Å². The second-order valence-corrected chi connectivity index (χ2v) is 6.15. The highest BCUT2D eigenvalue weighted by molar-refractivity contribution is 5.62. The quantitative estimate of drug-likeness (QED) is 0.513. The Kier molecular flexibility index (Phi) is 5.10. The largest absolute Gasteiger partial charge is 0.493 e. The van der Waals surface area contributed by atoms with Gasteiger partial charge in [0.25, 0.3) is 0 Å². The number of methoxy groups -OCH3 is 3. The maximum Gasteiger partial charge on any atom is 0.203 e. The van der Waals surface area contributed by atoms with Crippen LogP contribution in [0.3, 0.4) is 0 Å². The van der Waals surface area contributed by atoms with Gasteiger partial charge >= 0.3 is 0 Å². The van der Waals surface area contributed by atoms with E-state index in [1.807, 2.05) is 24.3 Å². The van der Waals surface area contributed by atoms with E-state index in [4.69, 9.17) is 14.2 Å². The first kappa shape index (κ1) is 18.5. The van der Waals surface area contributed by atoms with Gasteiger partial charge in [-0.15, -0.1) is 5.10 Å². The maximum atomic E-state index is 5.41. The van der Waals surface area contributed by atoms with Crippen LogP contribution in [0.1, 0.15) is 5.56 Å². The molecule has 0 aliphatic carbocycles. The zero-order valence-corrected chi connectivity index (χ0v) is 16.3. The Balaban J connectivity index is 1.61. The summed E-state index contributed by atoms with van der Waals surface area (Å²) >= 11 is 0. The van der Waals surface area contributed by atoms with Crippen LogP contribution >= 0.6 is 0 Å². The lowest BCUT2D eigenvalue weighted by atomic mass is 10.1. The van der Waals surface area contributed by atoms with Crippen LogP contribution in [-0.2, 0) is 6.54 Å². The third-order valence-electron chi connectivity index (χ3n) is 4.42. The fraction of sp³-hybridized carbons (Fsp3) is 0.200. The maximum absolute atomic E-state index is 5.41. The predicted molar refractivity (Wildman–Crippen MR) is 107 cm³/mol. The van der Waals surface area contributed by atoms with Gasteiger partial charge in [0.2, 0.25) is 5.75 Å². The molecular weight excluding hydrogens is 372 g/mol. The molecule has 0 bridgehead atoms. The first-order valence-electron chi connectivity index (χ1n) is 8.86. The molecule has 0 amide bonds. The number of fused-ring (bicyclic) bond motifs is 1. The van der Waals surface area contributed by atoms with Gasteiger partial charge in [-0.05, 0) is 29.8 Å². The van der Waals surface area contributed by atoms with Crippen molar-refractivity contribution in [1.82, 2.24) is 24.6 Å². The molecule has 0 atom stereocenters. The molecule has 0 saturated heterocycles. The minimum atomic E-state index is 0.522. The summed E-state index contributed by atoms with van der Waals surface area (Å²) in [6.07, 6.45) is 6.71. The number of nitrogens with zero attached hydrogens (tertiary/aromatic N) is 5. The van der Waals surface area contributed by atoms with E-state index >= 15 is 0 Å². The lowest BCUT2D eigenvalue weighted by Crippen LogP contribution is -2.06. The number of rotatable bonds is 7. The van der Waals surface area contributed by atoms with Gasteiger partial charge in [0.15, 0.2) is 17.1 Å². The van der Waals surface area contributed by atoms with Crippen molar-refractivity contribution in [2.45, 2.75) is 6.54 Å². The molecule has 0 radical (unpaired) electrons. The monoisotopic (exact) mass is 392 g/mol. The van der Waals surface area contributed by atoms with Crippen LogP contribution in [0.4, 0.5) is 5.82 Å². The highest BCUT2D eigenvalue weighted by Gasteiger charge is 2.13. The molecule has 0 saturated carbocycles. The average Bonchev–Trinajstić information content (AvgIpc) is 3.20. The average molecular weight is 392 g/mol. The molecule has 9 nitrogen and oxygen atoms in total. The standard InChI is InChI=1S/C20H20N6O3/c1-27-16-6-13(7-17(28-2)20(16)29-3)8-23-18-4-5-19-24-11-15(26(19)25-18)14-9-21-12-22-10-14/h4-7,9-12H,8H2,1-3H3,(H,23,25). The molecule has 1 aromatic carbocycles. The summed E-state index contributed by atoms with van der Waals surface area (Å²) < 4.78 is 17.9. The Bertz CT molecular complexity index is 1100. The van der Waals surface area contributed by atoms with E-state index < -0.39 is 0 Å². The summed E-state index contributed by atoms with van der Waals surface area (Å²) in [4.78, 5) is 12.5. The van der Waals surface area contributed by atoms with E-state index in [-0.39, 0.29) is 0 Å². The van der Waals surface area contributed by atoms with Gasteiger partial charge in [-0.2, -0.15) is 0 Å². The lowest BCUT2D eigenvalue weighted by Gasteiger charge is -2.14. The molecular formula is C20H20N6O3. The highest BCUT2D eigenvalue weighted by Crippen LogP contribution is 2.38. The lowest BCUT2D eigenvalue weighted by molar-refractivity contribution is 0.324. The van der Waals surface area contributed by atoms with Gasteiger partial charge in [-0.3, -0.25) is 0 Å². The first-order chi connectivity index (χ1) is 14.2. The number of nitrogens with one attached hydrogen (secondary N) is 1. The van der Waals surface area contributed by atoms with Crippen LogP contribution in [0.5, 0.6) is 17.2 Å². The number of hydrogen-bond donors (Lipinski definition) is 1. The second-order valence-electron chi connectivity index (χ2n) is 6.15. The third kappa shape index (κ3) is 3.62. The fourth-order valence-electron chi connectivity index (χ4n) is 3.03. The number of aromatic nitrogens is 5. The molecule has 3 heterocycles. The molecule has 0 fully saturated rings. The minimum absolute atomic E-state index is 0.522. The van der Waals surface area contributed by atoms with Crippen LogP contribution in [0, 0.1) is 0 Å². The van der Waals surface area contributed by atoms with Crippen molar-refractivity contribution in [3.63, 3.8) is 0 Å². The van der Waals surface area contributed by atoms with E-state index in [1.165, 1.54) is 6.33 Å². The molecule has 29 heavy (non-hydrogen) atoms. The van der Waals surface area contributed by atoms with Crippen molar-refractivity contribution >= 4 is 11.5 Å². The van der Waals surface area contributed by atoms with Crippen LogP contribution < -0.4 is 19.5 Å². The van der Waals surface area contributed by atoms with Crippen molar-refractivity contribution in [3.8, 4) is 28.5 Å². The Morgan fingerprint density at radius 1 is 0.931 bits per heavy atom. The van der Waals surface area contributed by atoms with Gasteiger partial charge < -0.3 is 19.5 Å². The Hall–Kier alpha value is -3.88. The van der Waals surface area contributed by atoms with Gasteiger partial charge in [-0.25, -0.2) is 19.5 Å². The van der Waals surface area contributed by atoms with E-state index in [2.05, 4.69) is 25.4 Å². The number of ether oxygens (including phenoxy) is 3.